The second kappa shape index (κ2) is 8.01. The molecule has 0 saturated heterocycles. The summed E-state index contributed by atoms with van der Waals surface area (Å²) in [6.07, 6.45) is 2.87. The van der Waals surface area contributed by atoms with Crippen molar-refractivity contribution in [2.75, 3.05) is 47.1 Å². The van der Waals surface area contributed by atoms with Crippen LogP contribution in [0.1, 0.15) is 19.3 Å². The maximum Gasteiger partial charge on any atom is 0.0593 e. The molecule has 1 N–H and O–H groups in total. The van der Waals surface area contributed by atoms with Crippen LogP contribution in [0.25, 0.3) is 0 Å². The molecule has 0 bridgehead atoms. The standard InChI is InChI=1S/C12H25NO3/c1-13(10-11-8-12(14)9-11)4-7-16-6-3-5-15-2/h11-12,14H,3-10H2,1-2H3. The van der Waals surface area contributed by atoms with E-state index in [9.17, 15) is 5.11 Å². The molecule has 4 heteroatoms. The Morgan fingerprint density at radius 3 is 2.62 bits per heavy atom. The first-order chi connectivity index (χ1) is 7.72. The van der Waals surface area contributed by atoms with Crippen LogP contribution in [0, 0.1) is 5.92 Å². The van der Waals surface area contributed by atoms with E-state index in [4.69, 9.17) is 9.47 Å². The van der Waals surface area contributed by atoms with Crippen LogP contribution < -0.4 is 0 Å². The predicted molar refractivity (Wildman–Crippen MR) is 63.5 cm³/mol. The molecule has 0 aliphatic heterocycles. The molecule has 0 aromatic heterocycles. The van der Waals surface area contributed by atoms with Crippen LogP contribution in [-0.2, 0) is 9.47 Å². The summed E-state index contributed by atoms with van der Waals surface area (Å²) in [6, 6.07) is 0. The van der Waals surface area contributed by atoms with Gasteiger partial charge in [-0.05, 0) is 32.2 Å². The molecular weight excluding hydrogens is 206 g/mol. The van der Waals surface area contributed by atoms with E-state index in [1.165, 1.54) is 0 Å². The second-order valence-corrected chi connectivity index (χ2v) is 4.71. The van der Waals surface area contributed by atoms with Crippen LogP contribution in [0.4, 0.5) is 0 Å². The number of hydrogen-bond donors (Lipinski definition) is 1. The topological polar surface area (TPSA) is 41.9 Å². The molecule has 0 aromatic carbocycles. The van der Waals surface area contributed by atoms with E-state index in [0.717, 1.165) is 52.2 Å². The maximum atomic E-state index is 9.17. The summed E-state index contributed by atoms with van der Waals surface area (Å²) in [5, 5.41) is 9.17. The highest BCUT2D eigenvalue weighted by Crippen LogP contribution is 2.27. The molecule has 0 heterocycles. The van der Waals surface area contributed by atoms with E-state index in [2.05, 4.69) is 11.9 Å². The van der Waals surface area contributed by atoms with Gasteiger partial charge in [-0.3, -0.25) is 0 Å². The summed E-state index contributed by atoms with van der Waals surface area (Å²) in [6.45, 7) is 4.40. The fourth-order valence-corrected chi connectivity index (χ4v) is 2.01. The summed E-state index contributed by atoms with van der Waals surface area (Å²) in [7, 11) is 3.82. The van der Waals surface area contributed by atoms with Gasteiger partial charge in [0.05, 0.1) is 12.7 Å². The van der Waals surface area contributed by atoms with Crippen molar-refractivity contribution in [3.8, 4) is 0 Å². The quantitative estimate of drug-likeness (QED) is 0.594. The Labute approximate surface area is 98.5 Å². The van der Waals surface area contributed by atoms with Gasteiger partial charge in [-0.15, -0.1) is 0 Å². The Morgan fingerprint density at radius 1 is 1.25 bits per heavy atom. The van der Waals surface area contributed by atoms with Crippen molar-refractivity contribution >= 4 is 0 Å². The van der Waals surface area contributed by atoms with Gasteiger partial charge < -0.3 is 19.5 Å². The minimum absolute atomic E-state index is 0.0382. The minimum atomic E-state index is -0.0382. The highest BCUT2D eigenvalue weighted by molar-refractivity contribution is 4.80. The van der Waals surface area contributed by atoms with Crippen LogP contribution in [0.15, 0.2) is 0 Å². The zero-order chi connectivity index (χ0) is 11.8. The normalized spacial score (nSPS) is 24.8. The lowest BCUT2D eigenvalue weighted by atomic mass is 9.82. The molecule has 0 unspecified atom stereocenters. The van der Waals surface area contributed by atoms with Gasteiger partial charge in [-0.25, -0.2) is 0 Å². The van der Waals surface area contributed by atoms with Gasteiger partial charge >= 0.3 is 0 Å². The number of likely N-dealkylation sites (N-methyl/N-ethyl adjacent to an activating group) is 1. The number of nitrogens with zero attached hydrogens (tertiary/aromatic N) is 1. The molecule has 0 atom stereocenters. The summed E-state index contributed by atoms with van der Waals surface area (Å²) in [5.74, 6) is 0.688. The van der Waals surface area contributed by atoms with Crippen molar-refractivity contribution in [1.29, 1.82) is 0 Å². The molecule has 16 heavy (non-hydrogen) atoms. The fraction of sp³-hybridized carbons (Fsp3) is 1.00. The van der Waals surface area contributed by atoms with Gasteiger partial charge in [0.25, 0.3) is 0 Å². The summed E-state index contributed by atoms with van der Waals surface area (Å²) in [4.78, 5) is 2.28. The van der Waals surface area contributed by atoms with E-state index >= 15 is 0 Å². The smallest absolute Gasteiger partial charge is 0.0593 e. The monoisotopic (exact) mass is 231 g/mol. The number of hydrogen-bond acceptors (Lipinski definition) is 4. The fourth-order valence-electron chi connectivity index (χ4n) is 2.01. The van der Waals surface area contributed by atoms with Crippen LogP contribution in [0.2, 0.25) is 0 Å². The first-order valence-electron chi connectivity index (χ1n) is 6.15. The van der Waals surface area contributed by atoms with Crippen molar-refractivity contribution in [3.63, 3.8) is 0 Å². The SMILES string of the molecule is COCCCOCCN(C)CC1CC(O)C1. The molecule has 0 aromatic rings. The predicted octanol–water partition coefficient (Wildman–Crippen LogP) is 0.742. The molecule has 1 rings (SSSR count). The Hall–Kier alpha value is -0.160. The van der Waals surface area contributed by atoms with Gasteiger partial charge in [0.1, 0.15) is 0 Å². The van der Waals surface area contributed by atoms with Gasteiger partial charge in [0.15, 0.2) is 0 Å². The first kappa shape index (κ1) is 13.9. The van der Waals surface area contributed by atoms with Crippen molar-refractivity contribution in [3.05, 3.63) is 0 Å². The van der Waals surface area contributed by atoms with E-state index in [1.807, 2.05) is 0 Å². The Kier molecular flexibility index (Phi) is 6.96. The average molecular weight is 231 g/mol. The molecule has 4 nitrogen and oxygen atoms in total. The number of methoxy groups -OCH3 is 1. The van der Waals surface area contributed by atoms with Crippen molar-refractivity contribution < 1.29 is 14.6 Å². The highest BCUT2D eigenvalue weighted by Gasteiger charge is 2.27. The molecular formula is C12H25NO3. The molecule has 1 aliphatic carbocycles. The van der Waals surface area contributed by atoms with E-state index in [0.29, 0.717) is 5.92 Å². The maximum absolute atomic E-state index is 9.17. The Morgan fingerprint density at radius 2 is 2.00 bits per heavy atom. The summed E-state index contributed by atoms with van der Waals surface area (Å²) in [5.41, 5.74) is 0. The van der Waals surface area contributed by atoms with Gasteiger partial charge in [0, 0.05) is 33.4 Å². The van der Waals surface area contributed by atoms with E-state index in [-0.39, 0.29) is 6.10 Å². The van der Waals surface area contributed by atoms with Crippen LogP contribution in [0.3, 0.4) is 0 Å². The molecule has 0 amide bonds. The van der Waals surface area contributed by atoms with Crippen molar-refractivity contribution in [2.24, 2.45) is 5.92 Å². The lowest BCUT2D eigenvalue weighted by Gasteiger charge is -2.34. The molecule has 1 fully saturated rings. The molecule has 1 aliphatic rings. The summed E-state index contributed by atoms with van der Waals surface area (Å²) < 4.78 is 10.4. The third-order valence-corrected chi connectivity index (χ3v) is 3.04. The van der Waals surface area contributed by atoms with E-state index < -0.39 is 0 Å². The Balaban J connectivity index is 1.84. The van der Waals surface area contributed by atoms with Crippen LogP contribution in [0.5, 0.6) is 0 Å². The lowest BCUT2D eigenvalue weighted by molar-refractivity contribution is 0.0223. The van der Waals surface area contributed by atoms with Crippen LogP contribution >= 0.6 is 0 Å². The lowest BCUT2D eigenvalue weighted by Crippen LogP contribution is -2.38. The largest absolute Gasteiger partial charge is 0.393 e. The first-order valence-corrected chi connectivity index (χ1v) is 6.15. The number of ether oxygens (including phenoxy) is 2. The van der Waals surface area contributed by atoms with Crippen LogP contribution in [-0.4, -0.2) is 63.2 Å². The zero-order valence-electron chi connectivity index (χ0n) is 10.5. The molecule has 0 radical (unpaired) electrons. The number of aliphatic hydroxyl groups excluding tert-OH is 1. The minimum Gasteiger partial charge on any atom is -0.393 e. The molecule has 96 valence electrons. The van der Waals surface area contributed by atoms with Gasteiger partial charge in [-0.1, -0.05) is 0 Å². The molecule has 1 saturated carbocycles. The van der Waals surface area contributed by atoms with Crippen molar-refractivity contribution in [1.82, 2.24) is 4.90 Å². The second-order valence-electron chi connectivity index (χ2n) is 4.71. The van der Waals surface area contributed by atoms with Crippen molar-refractivity contribution in [2.45, 2.75) is 25.4 Å². The average Bonchev–Trinajstić information content (AvgIpc) is 2.21. The zero-order valence-corrected chi connectivity index (χ0v) is 10.5. The Bertz CT molecular complexity index is 172. The molecule has 0 spiro atoms. The third kappa shape index (κ3) is 5.80. The number of aliphatic hydroxyl groups is 1. The summed E-state index contributed by atoms with van der Waals surface area (Å²) >= 11 is 0. The van der Waals surface area contributed by atoms with Gasteiger partial charge in [0.2, 0.25) is 0 Å². The highest BCUT2D eigenvalue weighted by atomic mass is 16.5. The van der Waals surface area contributed by atoms with Gasteiger partial charge in [-0.2, -0.15) is 0 Å². The van der Waals surface area contributed by atoms with E-state index in [1.54, 1.807) is 7.11 Å². The number of rotatable bonds is 9. The third-order valence-electron chi connectivity index (χ3n) is 3.04.